The molecule has 0 bridgehead atoms. The highest BCUT2D eigenvalue weighted by Gasteiger charge is 2.40. The van der Waals surface area contributed by atoms with Crippen molar-refractivity contribution in [3.63, 3.8) is 0 Å². The maximum Gasteiger partial charge on any atom is 0.336 e. The zero-order valence-electron chi connectivity index (χ0n) is 18.4. The lowest BCUT2D eigenvalue weighted by Gasteiger charge is -2.35. The molecule has 0 saturated carbocycles. The van der Waals surface area contributed by atoms with Gasteiger partial charge in [-0.1, -0.05) is 24.2 Å². The van der Waals surface area contributed by atoms with E-state index < -0.39 is 11.9 Å². The fourth-order valence-corrected chi connectivity index (χ4v) is 4.32. The van der Waals surface area contributed by atoms with Crippen molar-refractivity contribution in [3.8, 4) is 5.75 Å². The summed E-state index contributed by atoms with van der Waals surface area (Å²) in [5.74, 6) is -0.390. The van der Waals surface area contributed by atoms with E-state index in [1.165, 1.54) is 0 Å². The van der Waals surface area contributed by atoms with Crippen molar-refractivity contribution < 1.29 is 19.1 Å². The number of ether oxygens (including phenoxy) is 2. The standard InChI is InChI=1S/C25H28ClNO4/c1-6-31-25(29)22-16(4)27-20-8-7-9-21(28)24(20)23(22)19(15(3)26)13-17-12-18(30-5)11-10-14(17)2/h10-13,23,27H,3,6-9H2,1-2,4-5H3/b19-13+. The predicted octanol–water partition coefficient (Wildman–Crippen LogP) is 5.20. The third-order valence-corrected chi connectivity index (χ3v) is 5.91. The Hall–Kier alpha value is -2.79. The van der Waals surface area contributed by atoms with Crippen LogP contribution in [0.15, 0.2) is 57.9 Å². The molecule has 164 valence electrons. The first-order chi connectivity index (χ1) is 14.8. The van der Waals surface area contributed by atoms with Crippen molar-refractivity contribution in [3.05, 3.63) is 69.1 Å². The number of nitrogens with one attached hydrogen (secondary N) is 1. The van der Waals surface area contributed by atoms with E-state index >= 15 is 0 Å². The van der Waals surface area contributed by atoms with Crippen LogP contribution in [-0.2, 0) is 14.3 Å². The summed E-state index contributed by atoms with van der Waals surface area (Å²) in [5, 5.41) is 3.55. The molecule has 0 amide bonds. The number of hydrogen-bond donors (Lipinski definition) is 1. The summed E-state index contributed by atoms with van der Waals surface area (Å²) >= 11 is 6.50. The van der Waals surface area contributed by atoms with Crippen LogP contribution < -0.4 is 10.1 Å². The Bertz CT molecular complexity index is 1030. The Morgan fingerprint density at radius 2 is 2.06 bits per heavy atom. The van der Waals surface area contributed by atoms with E-state index in [9.17, 15) is 9.59 Å². The molecule has 31 heavy (non-hydrogen) atoms. The third kappa shape index (κ3) is 4.62. The molecule has 1 aliphatic heterocycles. The molecule has 2 aliphatic rings. The van der Waals surface area contributed by atoms with Crippen LogP contribution in [0.3, 0.4) is 0 Å². The number of halogens is 1. The molecule has 3 rings (SSSR count). The molecular formula is C25H28ClNO4. The van der Waals surface area contributed by atoms with Crippen molar-refractivity contribution in [2.45, 2.75) is 40.0 Å². The molecule has 0 fully saturated rings. The summed E-state index contributed by atoms with van der Waals surface area (Å²) in [6.45, 7) is 9.76. The van der Waals surface area contributed by atoms with Gasteiger partial charge >= 0.3 is 5.97 Å². The summed E-state index contributed by atoms with van der Waals surface area (Å²) in [5.41, 5.74) is 4.97. The predicted molar refractivity (Wildman–Crippen MR) is 123 cm³/mol. The second-order valence-corrected chi connectivity index (χ2v) is 8.17. The van der Waals surface area contributed by atoms with Gasteiger partial charge in [0, 0.05) is 34.3 Å². The first-order valence-corrected chi connectivity index (χ1v) is 10.8. The highest BCUT2D eigenvalue weighted by atomic mass is 35.5. The highest BCUT2D eigenvalue weighted by Crippen LogP contribution is 2.43. The van der Waals surface area contributed by atoms with Crippen LogP contribution in [0.1, 0.15) is 44.2 Å². The second-order valence-electron chi connectivity index (χ2n) is 7.71. The summed E-state index contributed by atoms with van der Waals surface area (Å²) in [7, 11) is 1.61. The normalized spacial score (nSPS) is 19.1. The fourth-order valence-electron chi connectivity index (χ4n) is 4.16. The number of benzene rings is 1. The number of esters is 1. The zero-order chi connectivity index (χ0) is 22.7. The molecular weight excluding hydrogens is 414 g/mol. The van der Waals surface area contributed by atoms with Crippen molar-refractivity contribution in [2.75, 3.05) is 13.7 Å². The molecule has 1 aromatic rings. The number of Topliss-reactive ketones (excluding diaryl/α,β-unsaturated/α-hetero) is 1. The first-order valence-electron chi connectivity index (χ1n) is 10.4. The number of allylic oxidation sites excluding steroid dienone is 5. The van der Waals surface area contributed by atoms with E-state index in [4.69, 9.17) is 21.1 Å². The van der Waals surface area contributed by atoms with E-state index in [2.05, 4.69) is 11.9 Å². The van der Waals surface area contributed by atoms with Gasteiger partial charge in [0.15, 0.2) is 5.78 Å². The number of ketones is 1. The molecule has 0 radical (unpaired) electrons. The van der Waals surface area contributed by atoms with Crippen LogP contribution in [0.4, 0.5) is 0 Å². The number of carbonyl (C=O) groups excluding carboxylic acids is 2. The third-order valence-electron chi connectivity index (χ3n) is 5.69. The van der Waals surface area contributed by atoms with E-state index in [1.807, 2.05) is 38.1 Å². The highest BCUT2D eigenvalue weighted by molar-refractivity contribution is 6.32. The monoisotopic (exact) mass is 441 g/mol. The van der Waals surface area contributed by atoms with Gasteiger partial charge < -0.3 is 14.8 Å². The van der Waals surface area contributed by atoms with Gasteiger partial charge in [-0.25, -0.2) is 4.79 Å². The van der Waals surface area contributed by atoms with Gasteiger partial charge in [-0.05, 0) is 68.5 Å². The minimum Gasteiger partial charge on any atom is -0.497 e. The summed E-state index contributed by atoms with van der Waals surface area (Å²) in [6, 6.07) is 5.73. The molecule has 1 aliphatic carbocycles. The Morgan fingerprint density at radius 1 is 1.32 bits per heavy atom. The number of hydrogen-bond acceptors (Lipinski definition) is 5. The second kappa shape index (κ2) is 9.56. The minimum atomic E-state index is -0.640. The van der Waals surface area contributed by atoms with Crippen LogP contribution in [0.25, 0.3) is 6.08 Å². The molecule has 0 saturated heterocycles. The van der Waals surface area contributed by atoms with Crippen molar-refractivity contribution in [1.29, 1.82) is 0 Å². The average molecular weight is 442 g/mol. The lowest BCUT2D eigenvalue weighted by Crippen LogP contribution is -2.36. The Labute approximate surface area is 188 Å². The van der Waals surface area contributed by atoms with Crippen LogP contribution in [0.2, 0.25) is 0 Å². The largest absolute Gasteiger partial charge is 0.497 e. The summed E-state index contributed by atoms with van der Waals surface area (Å²) in [6.07, 6.45) is 3.84. The smallest absolute Gasteiger partial charge is 0.336 e. The number of carbonyl (C=O) groups is 2. The SMILES string of the molecule is C=C(Cl)/C(=C\c1cc(OC)ccc1C)C1C(C(=O)OCC)=C(C)NC2=C1C(=O)CCC2. The van der Waals surface area contributed by atoms with Gasteiger partial charge in [0.1, 0.15) is 5.75 Å². The van der Waals surface area contributed by atoms with E-state index in [-0.39, 0.29) is 17.4 Å². The van der Waals surface area contributed by atoms with Crippen molar-refractivity contribution in [1.82, 2.24) is 5.32 Å². The molecule has 6 heteroatoms. The summed E-state index contributed by atoms with van der Waals surface area (Å²) < 4.78 is 10.7. The minimum absolute atomic E-state index is 0.0132. The fraction of sp³-hybridized carbons (Fsp3) is 0.360. The van der Waals surface area contributed by atoms with Crippen molar-refractivity contribution >= 4 is 29.4 Å². The van der Waals surface area contributed by atoms with E-state index in [0.29, 0.717) is 34.6 Å². The number of dihydropyridines is 1. The van der Waals surface area contributed by atoms with E-state index in [0.717, 1.165) is 29.7 Å². The Kier molecular flexibility index (Phi) is 7.06. The lowest BCUT2D eigenvalue weighted by atomic mass is 9.74. The van der Waals surface area contributed by atoms with Gasteiger partial charge in [-0.3, -0.25) is 4.79 Å². The number of aryl methyl sites for hydroxylation is 1. The van der Waals surface area contributed by atoms with Gasteiger partial charge in [0.05, 0.1) is 19.3 Å². The van der Waals surface area contributed by atoms with Gasteiger partial charge in [0.25, 0.3) is 0 Å². The average Bonchev–Trinajstić information content (AvgIpc) is 2.72. The Balaban J connectivity index is 2.25. The lowest BCUT2D eigenvalue weighted by molar-refractivity contribution is -0.139. The molecule has 1 atom stereocenters. The quantitative estimate of drug-likeness (QED) is 0.485. The van der Waals surface area contributed by atoms with Crippen LogP contribution >= 0.6 is 11.6 Å². The van der Waals surface area contributed by atoms with Crippen molar-refractivity contribution in [2.24, 2.45) is 5.92 Å². The maximum atomic E-state index is 13.0. The molecule has 5 nitrogen and oxygen atoms in total. The molecule has 1 heterocycles. The van der Waals surface area contributed by atoms with E-state index in [1.54, 1.807) is 14.0 Å². The summed E-state index contributed by atoms with van der Waals surface area (Å²) in [4.78, 5) is 26.0. The molecule has 1 aromatic carbocycles. The zero-order valence-corrected chi connectivity index (χ0v) is 19.2. The number of rotatable bonds is 6. The Morgan fingerprint density at radius 3 is 2.71 bits per heavy atom. The number of methoxy groups -OCH3 is 1. The van der Waals surface area contributed by atoms with Gasteiger partial charge in [0.2, 0.25) is 0 Å². The van der Waals surface area contributed by atoms with Gasteiger partial charge in [-0.15, -0.1) is 0 Å². The molecule has 0 spiro atoms. The topological polar surface area (TPSA) is 64.6 Å². The first kappa shape index (κ1) is 22.9. The van der Waals surface area contributed by atoms with Crippen LogP contribution in [0, 0.1) is 12.8 Å². The van der Waals surface area contributed by atoms with Crippen LogP contribution in [0.5, 0.6) is 5.75 Å². The van der Waals surface area contributed by atoms with Gasteiger partial charge in [-0.2, -0.15) is 0 Å². The molecule has 0 aromatic heterocycles. The molecule has 1 N–H and O–H groups in total. The van der Waals surface area contributed by atoms with Crippen LogP contribution in [-0.4, -0.2) is 25.5 Å². The molecule has 1 unspecified atom stereocenters. The maximum absolute atomic E-state index is 13.0.